The first-order chi connectivity index (χ1) is 8.16. The van der Waals surface area contributed by atoms with Crippen molar-refractivity contribution in [3.8, 4) is 0 Å². The van der Waals surface area contributed by atoms with E-state index in [9.17, 15) is 4.79 Å². The smallest absolute Gasteiger partial charge is 0.139 e. The van der Waals surface area contributed by atoms with E-state index in [4.69, 9.17) is 0 Å². The minimum Gasteiger partial charge on any atom is -0.299 e. The third kappa shape index (κ3) is 2.49. The van der Waals surface area contributed by atoms with Gasteiger partial charge in [-0.1, -0.05) is 35.9 Å². The van der Waals surface area contributed by atoms with Crippen molar-refractivity contribution < 1.29 is 4.79 Å². The van der Waals surface area contributed by atoms with Crippen LogP contribution in [0.15, 0.2) is 36.9 Å². The Kier molecular flexibility index (Phi) is 3.46. The molecule has 0 unspecified atom stereocenters. The van der Waals surface area contributed by atoms with E-state index in [1.54, 1.807) is 0 Å². The van der Waals surface area contributed by atoms with E-state index in [1.807, 2.05) is 6.08 Å². The Balaban J connectivity index is 2.21. The molecule has 90 valence electrons. The molecule has 0 bridgehead atoms. The van der Waals surface area contributed by atoms with E-state index in [0.717, 1.165) is 32.1 Å². The molecule has 0 N–H and O–H groups in total. The van der Waals surface area contributed by atoms with Gasteiger partial charge in [0.25, 0.3) is 0 Å². The van der Waals surface area contributed by atoms with E-state index in [0.29, 0.717) is 5.78 Å². The van der Waals surface area contributed by atoms with Gasteiger partial charge in [-0.15, -0.1) is 6.58 Å². The molecule has 0 spiro atoms. The van der Waals surface area contributed by atoms with Gasteiger partial charge >= 0.3 is 0 Å². The number of carbonyl (C=O) groups excluding carboxylic acids is 1. The Morgan fingerprint density at radius 2 is 2.06 bits per heavy atom. The quantitative estimate of drug-likeness (QED) is 0.715. The van der Waals surface area contributed by atoms with Crippen LogP contribution < -0.4 is 0 Å². The van der Waals surface area contributed by atoms with Crippen molar-refractivity contribution in [1.82, 2.24) is 0 Å². The zero-order valence-corrected chi connectivity index (χ0v) is 10.5. The maximum absolute atomic E-state index is 12.1. The average molecular weight is 228 g/mol. The highest BCUT2D eigenvalue weighted by Crippen LogP contribution is 2.41. The monoisotopic (exact) mass is 228 g/mol. The highest BCUT2D eigenvalue weighted by atomic mass is 16.1. The van der Waals surface area contributed by atoms with Crippen LogP contribution in [0.5, 0.6) is 0 Å². The summed E-state index contributed by atoms with van der Waals surface area (Å²) in [5.74, 6) is 0.429. The number of allylic oxidation sites excluding steroid dienone is 1. The van der Waals surface area contributed by atoms with Crippen LogP contribution in [0.2, 0.25) is 0 Å². The van der Waals surface area contributed by atoms with E-state index >= 15 is 0 Å². The van der Waals surface area contributed by atoms with Crippen LogP contribution in [-0.2, 0) is 11.2 Å². The van der Waals surface area contributed by atoms with Gasteiger partial charge in [-0.25, -0.2) is 0 Å². The second-order valence-electron chi connectivity index (χ2n) is 5.21. The molecule has 1 atom stereocenters. The van der Waals surface area contributed by atoms with Gasteiger partial charge in [-0.05, 0) is 38.2 Å². The van der Waals surface area contributed by atoms with Gasteiger partial charge < -0.3 is 0 Å². The molecular weight excluding hydrogens is 208 g/mol. The number of rotatable bonds is 4. The minimum atomic E-state index is -0.156. The molecule has 0 saturated heterocycles. The zero-order valence-electron chi connectivity index (χ0n) is 10.5. The van der Waals surface area contributed by atoms with Crippen molar-refractivity contribution >= 4 is 5.78 Å². The topological polar surface area (TPSA) is 17.1 Å². The third-order valence-corrected chi connectivity index (χ3v) is 3.85. The van der Waals surface area contributed by atoms with Crippen molar-refractivity contribution in [2.75, 3.05) is 0 Å². The predicted octanol–water partition coefficient (Wildman–Crippen LogP) is 3.85. The molecule has 0 aliphatic heterocycles. The molecule has 0 aromatic heterocycles. The first-order valence-corrected chi connectivity index (χ1v) is 6.36. The predicted molar refractivity (Wildman–Crippen MR) is 71.0 cm³/mol. The molecule has 1 aliphatic rings. The second-order valence-corrected chi connectivity index (χ2v) is 5.21. The number of Topliss-reactive ketones (excluding diaryl/α,β-unsaturated/α-hetero) is 1. The largest absolute Gasteiger partial charge is 0.299 e. The van der Waals surface area contributed by atoms with Gasteiger partial charge in [0, 0.05) is 11.8 Å². The minimum absolute atomic E-state index is 0.156. The summed E-state index contributed by atoms with van der Waals surface area (Å²) in [7, 11) is 0. The first-order valence-electron chi connectivity index (χ1n) is 6.36. The molecule has 0 heterocycles. The molecule has 17 heavy (non-hydrogen) atoms. The van der Waals surface area contributed by atoms with Crippen molar-refractivity contribution in [1.29, 1.82) is 0 Å². The Bertz CT molecular complexity index is 416. The van der Waals surface area contributed by atoms with E-state index in [-0.39, 0.29) is 5.41 Å². The number of hydrogen-bond donors (Lipinski definition) is 0. The summed E-state index contributed by atoms with van der Waals surface area (Å²) >= 11 is 0. The molecule has 1 nitrogen and oxygen atoms in total. The van der Waals surface area contributed by atoms with Crippen LogP contribution >= 0.6 is 0 Å². The van der Waals surface area contributed by atoms with Gasteiger partial charge in [0.15, 0.2) is 0 Å². The maximum atomic E-state index is 12.1. The van der Waals surface area contributed by atoms with Crippen molar-refractivity contribution in [3.05, 3.63) is 48.0 Å². The Morgan fingerprint density at radius 1 is 1.35 bits per heavy atom. The average Bonchev–Trinajstić information content (AvgIpc) is 2.65. The molecule has 1 aromatic carbocycles. The molecule has 1 fully saturated rings. The second kappa shape index (κ2) is 4.87. The summed E-state index contributed by atoms with van der Waals surface area (Å²) in [5.41, 5.74) is 2.38. The van der Waals surface area contributed by atoms with E-state index in [2.05, 4.69) is 37.8 Å². The number of benzene rings is 1. The Labute approximate surface area is 104 Å². The summed E-state index contributed by atoms with van der Waals surface area (Å²) in [4.78, 5) is 12.1. The SMILES string of the molecule is C=CC[C@]1(Cc2ccc(C)cc2)CCCC1=O. The number of carbonyl (C=O) groups is 1. The standard InChI is InChI=1S/C16H20O/c1-3-10-16(11-4-5-15(16)17)12-14-8-6-13(2)7-9-14/h3,6-9H,1,4-5,10-12H2,2H3/t16-/m1/s1. The van der Waals surface area contributed by atoms with Crippen LogP contribution in [-0.4, -0.2) is 5.78 Å². The van der Waals surface area contributed by atoms with Gasteiger partial charge in [0.05, 0.1) is 0 Å². The highest BCUT2D eigenvalue weighted by molar-refractivity contribution is 5.87. The molecule has 0 radical (unpaired) electrons. The van der Waals surface area contributed by atoms with Crippen LogP contribution in [0, 0.1) is 12.3 Å². The molecule has 1 heteroatoms. The van der Waals surface area contributed by atoms with Crippen molar-refractivity contribution in [2.24, 2.45) is 5.41 Å². The lowest BCUT2D eigenvalue weighted by Crippen LogP contribution is -2.27. The summed E-state index contributed by atoms with van der Waals surface area (Å²) in [6, 6.07) is 8.53. The number of hydrogen-bond acceptors (Lipinski definition) is 1. The van der Waals surface area contributed by atoms with Crippen molar-refractivity contribution in [2.45, 2.75) is 39.0 Å². The van der Waals surface area contributed by atoms with E-state index < -0.39 is 0 Å². The normalized spacial score (nSPS) is 23.9. The Hall–Kier alpha value is -1.37. The molecule has 1 aliphatic carbocycles. The number of aryl methyl sites for hydroxylation is 1. The lowest BCUT2D eigenvalue weighted by Gasteiger charge is -2.26. The fourth-order valence-electron chi connectivity index (χ4n) is 2.84. The third-order valence-electron chi connectivity index (χ3n) is 3.85. The fourth-order valence-corrected chi connectivity index (χ4v) is 2.84. The van der Waals surface area contributed by atoms with Gasteiger partial charge in [-0.3, -0.25) is 4.79 Å². The van der Waals surface area contributed by atoms with Gasteiger partial charge in [0.1, 0.15) is 5.78 Å². The van der Waals surface area contributed by atoms with Gasteiger partial charge in [0.2, 0.25) is 0 Å². The maximum Gasteiger partial charge on any atom is 0.139 e. The van der Waals surface area contributed by atoms with Crippen LogP contribution in [0.25, 0.3) is 0 Å². The lowest BCUT2D eigenvalue weighted by atomic mass is 9.76. The van der Waals surface area contributed by atoms with Crippen LogP contribution in [0.3, 0.4) is 0 Å². The summed E-state index contributed by atoms with van der Waals surface area (Å²) in [6.45, 7) is 5.89. The fraction of sp³-hybridized carbons (Fsp3) is 0.438. The molecule has 1 aromatic rings. The molecular formula is C16H20O. The molecule has 0 amide bonds. The molecule has 1 saturated carbocycles. The lowest BCUT2D eigenvalue weighted by molar-refractivity contribution is -0.125. The van der Waals surface area contributed by atoms with E-state index in [1.165, 1.54) is 11.1 Å². The first kappa shape index (κ1) is 12.1. The summed E-state index contributed by atoms with van der Waals surface area (Å²) in [5, 5.41) is 0. The van der Waals surface area contributed by atoms with Gasteiger partial charge in [-0.2, -0.15) is 0 Å². The summed E-state index contributed by atoms with van der Waals surface area (Å²) in [6.07, 6.45) is 6.40. The highest BCUT2D eigenvalue weighted by Gasteiger charge is 2.40. The Morgan fingerprint density at radius 3 is 2.59 bits per heavy atom. The van der Waals surface area contributed by atoms with Crippen LogP contribution in [0.1, 0.15) is 36.8 Å². The summed E-state index contributed by atoms with van der Waals surface area (Å²) < 4.78 is 0. The van der Waals surface area contributed by atoms with Crippen molar-refractivity contribution in [3.63, 3.8) is 0 Å². The zero-order chi connectivity index (χ0) is 12.3. The molecule has 2 rings (SSSR count). The number of ketones is 1. The van der Waals surface area contributed by atoms with Crippen LogP contribution in [0.4, 0.5) is 0 Å².